The van der Waals surface area contributed by atoms with Gasteiger partial charge >= 0.3 is 0 Å². The fourth-order valence-corrected chi connectivity index (χ4v) is 4.74. The number of amides is 2. The number of rotatable bonds is 6. The first kappa shape index (κ1) is 25.9. The van der Waals surface area contributed by atoms with Crippen molar-refractivity contribution in [2.24, 2.45) is 9.98 Å². The Morgan fingerprint density at radius 2 is 1.84 bits per heavy atom. The summed E-state index contributed by atoms with van der Waals surface area (Å²) in [4.78, 5) is 38.2. The smallest absolute Gasteiger partial charge is 0.255 e. The van der Waals surface area contributed by atoms with Crippen molar-refractivity contribution in [3.8, 4) is 5.75 Å². The summed E-state index contributed by atoms with van der Waals surface area (Å²) in [5, 5.41) is 6.06. The van der Waals surface area contributed by atoms with Crippen LogP contribution in [0.3, 0.4) is 0 Å². The van der Waals surface area contributed by atoms with Crippen LogP contribution in [0.15, 0.2) is 70.0 Å². The molecule has 2 aromatic carbocycles. The summed E-state index contributed by atoms with van der Waals surface area (Å²) in [6.07, 6.45) is 4.94. The molecule has 1 aliphatic heterocycles. The third-order valence-electron chi connectivity index (χ3n) is 6.91. The molecule has 0 spiro atoms. The Morgan fingerprint density at radius 3 is 2.51 bits per heavy atom. The van der Waals surface area contributed by atoms with Crippen LogP contribution in [0, 0.1) is 0 Å². The molecule has 2 aliphatic rings. The fraction of sp³-hybridized carbons (Fsp3) is 0.357. The van der Waals surface area contributed by atoms with Crippen LogP contribution in [0.2, 0.25) is 0 Å². The number of benzene rings is 2. The van der Waals surface area contributed by atoms with Gasteiger partial charge in [-0.2, -0.15) is 4.99 Å². The van der Waals surface area contributed by atoms with Gasteiger partial charge in [0.1, 0.15) is 5.75 Å². The van der Waals surface area contributed by atoms with E-state index in [9.17, 15) is 9.59 Å². The molecule has 2 aromatic rings. The lowest BCUT2D eigenvalue weighted by atomic mass is 10.1. The van der Waals surface area contributed by atoms with Crippen molar-refractivity contribution >= 4 is 35.9 Å². The van der Waals surface area contributed by atoms with E-state index < -0.39 is 0 Å². The van der Waals surface area contributed by atoms with E-state index in [0.717, 1.165) is 18.5 Å². The van der Waals surface area contributed by atoms with E-state index in [1.165, 1.54) is 20.0 Å². The number of hydrogen-bond acceptors (Lipinski definition) is 5. The molecular weight excluding hydrogens is 468 g/mol. The summed E-state index contributed by atoms with van der Waals surface area (Å²) in [6, 6.07) is 14.7. The summed E-state index contributed by atoms with van der Waals surface area (Å²) in [5.41, 5.74) is 2.53. The molecule has 0 aromatic heterocycles. The minimum absolute atomic E-state index is 0.0674. The quantitative estimate of drug-likeness (QED) is 0.440. The molecule has 194 valence electrons. The highest BCUT2D eigenvalue weighted by molar-refractivity contribution is 6.05. The van der Waals surface area contributed by atoms with Gasteiger partial charge in [0, 0.05) is 37.3 Å². The van der Waals surface area contributed by atoms with Crippen LogP contribution in [-0.2, 0) is 4.79 Å². The number of carbonyl (C=O) groups excluding carboxylic acids is 2. The van der Waals surface area contributed by atoms with E-state index in [-0.39, 0.29) is 17.8 Å². The second-order valence-corrected chi connectivity index (χ2v) is 9.20. The molecule has 0 unspecified atom stereocenters. The van der Waals surface area contributed by atoms with Gasteiger partial charge in [0.15, 0.2) is 5.82 Å². The fourth-order valence-electron chi connectivity index (χ4n) is 4.74. The number of allylic oxidation sites excluding steroid dienone is 1. The van der Waals surface area contributed by atoms with Gasteiger partial charge in [0.05, 0.1) is 18.5 Å². The molecule has 37 heavy (non-hydrogen) atoms. The summed E-state index contributed by atoms with van der Waals surface area (Å²) in [7, 11) is 3.32. The largest absolute Gasteiger partial charge is 0.495 e. The van der Waals surface area contributed by atoms with Gasteiger partial charge in [-0.1, -0.05) is 31.0 Å². The van der Waals surface area contributed by atoms with E-state index in [4.69, 9.17) is 9.73 Å². The maximum Gasteiger partial charge on any atom is 0.255 e. The zero-order chi connectivity index (χ0) is 26.4. The summed E-state index contributed by atoms with van der Waals surface area (Å²) in [6.45, 7) is 6.23. The van der Waals surface area contributed by atoms with Gasteiger partial charge in [-0.15, -0.1) is 0 Å². The Kier molecular flexibility index (Phi) is 8.22. The highest BCUT2D eigenvalue weighted by Crippen LogP contribution is 2.31. The molecule has 1 saturated carbocycles. The van der Waals surface area contributed by atoms with Gasteiger partial charge < -0.3 is 25.2 Å². The number of nitrogens with zero attached hydrogens (tertiary/aromatic N) is 4. The third kappa shape index (κ3) is 5.99. The summed E-state index contributed by atoms with van der Waals surface area (Å²) < 4.78 is 5.56. The molecule has 0 saturated heterocycles. The molecule has 2 N–H and O–H groups in total. The minimum atomic E-state index is -0.245. The first-order valence-electron chi connectivity index (χ1n) is 12.5. The molecule has 1 fully saturated rings. The predicted molar refractivity (Wildman–Crippen MR) is 147 cm³/mol. The van der Waals surface area contributed by atoms with Gasteiger partial charge in [0.25, 0.3) is 5.91 Å². The maximum atomic E-state index is 12.7. The number of methoxy groups -OCH3 is 1. The van der Waals surface area contributed by atoms with Crippen molar-refractivity contribution in [2.75, 3.05) is 31.3 Å². The Morgan fingerprint density at radius 1 is 1.11 bits per heavy atom. The molecule has 0 radical (unpaired) electrons. The van der Waals surface area contributed by atoms with E-state index in [1.807, 2.05) is 37.3 Å². The monoisotopic (exact) mass is 502 g/mol. The van der Waals surface area contributed by atoms with Gasteiger partial charge in [-0.05, 0) is 56.8 Å². The number of ether oxygens (including phenoxy) is 1. The number of hydrogen-bond donors (Lipinski definition) is 2. The average Bonchev–Trinajstić information content (AvgIpc) is 3.43. The van der Waals surface area contributed by atoms with Crippen LogP contribution in [0.25, 0.3) is 0 Å². The van der Waals surface area contributed by atoms with Crippen LogP contribution < -0.4 is 15.4 Å². The van der Waals surface area contributed by atoms with Gasteiger partial charge in [-0.3, -0.25) is 9.59 Å². The third-order valence-corrected chi connectivity index (χ3v) is 6.91. The first-order chi connectivity index (χ1) is 17.9. The second kappa shape index (κ2) is 11.7. The number of anilines is 2. The summed E-state index contributed by atoms with van der Waals surface area (Å²) >= 11 is 0. The predicted octanol–water partition coefficient (Wildman–Crippen LogP) is 4.71. The highest BCUT2D eigenvalue weighted by Gasteiger charge is 2.31. The maximum absolute atomic E-state index is 12.7. The van der Waals surface area contributed by atoms with Crippen LogP contribution in [-0.4, -0.2) is 61.0 Å². The number of nitrogens with one attached hydrogen (secondary N) is 2. The van der Waals surface area contributed by atoms with Crippen molar-refractivity contribution in [3.05, 3.63) is 65.6 Å². The van der Waals surface area contributed by atoms with Crippen molar-refractivity contribution in [2.45, 2.75) is 45.1 Å². The van der Waals surface area contributed by atoms with E-state index in [1.54, 1.807) is 30.1 Å². The minimum Gasteiger partial charge on any atom is -0.495 e. The zero-order valence-electron chi connectivity index (χ0n) is 21.7. The molecule has 9 heteroatoms. The molecule has 2 amide bonds. The van der Waals surface area contributed by atoms with Crippen molar-refractivity contribution in [1.29, 1.82) is 0 Å². The van der Waals surface area contributed by atoms with Crippen LogP contribution in [0.5, 0.6) is 5.75 Å². The zero-order valence-corrected chi connectivity index (χ0v) is 21.7. The van der Waals surface area contributed by atoms with Crippen LogP contribution in [0.4, 0.5) is 11.4 Å². The highest BCUT2D eigenvalue weighted by atomic mass is 16.5. The molecule has 1 aliphatic carbocycles. The molecule has 1 heterocycles. The van der Waals surface area contributed by atoms with Crippen molar-refractivity contribution in [3.63, 3.8) is 0 Å². The molecule has 9 nitrogen and oxygen atoms in total. The lowest BCUT2D eigenvalue weighted by molar-refractivity contribution is -0.127. The number of para-hydroxylation sites is 1. The SMILES string of the molecule is C=N/C(=N\C1=C(C)N(C)C(=O)CCN1C1CCCC1)Nc1ccc(C(=O)Nc2ccccc2)cc1OC. The standard InChI is InChI=1S/C28H34N6O3/c1-19-26(34(22-12-8-9-13-22)17-16-25(35)33(19)3)32-28(29-2)31-23-15-14-20(18-24(23)37-4)27(36)30-21-10-6-5-7-11-21/h5-7,10-11,14-15,18,22H,2,8-9,12-13,16-17H2,1,3-4H3,(H,30,36)(H,31,32). The Balaban J connectivity index is 1.61. The van der Waals surface area contributed by atoms with Crippen molar-refractivity contribution < 1.29 is 14.3 Å². The normalized spacial score (nSPS) is 17.1. The number of guanidine groups is 1. The molecule has 4 rings (SSSR count). The molecule has 0 bridgehead atoms. The molecule has 0 atom stereocenters. The van der Waals surface area contributed by atoms with Crippen LogP contribution >= 0.6 is 0 Å². The van der Waals surface area contributed by atoms with Crippen LogP contribution in [0.1, 0.15) is 49.4 Å². The summed E-state index contributed by atoms with van der Waals surface area (Å²) in [5.74, 6) is 1.28. The van der Waals surface area contributed by atoms with E-state index in [2.05, 4.69) is 27.2 Å². The Bertz CT molecular complexity index is 1220. The van der Waals surface area contributed by atoms with Gasteiger partial charge in [-0.25, -0.2) is 4.99 Å². The van der Waals surface area contributed by atoms with E-state index >= 15 is 0 Å². The number of aliphatic imine (C=N–C) groups is 2. The first-order valence-corrected chi connectivity index (χ1v) is 12.5. The second-order valence-electron chi connectivity index (χ2n) is 9.20. The number of carbonyl (C=O) groups is 2. The molecular formula is C28H34N6O3. The lowest BCUT2D eigenvalue weighted by Crippen LogP contribution is -2.33. The van der Waals surface area contributed by atoms with Crippen molar-refractivity contribution in [1.82, 2.24) is 9.80 Å². The lowest BCUT2D eigenvalue weighted by Gasteiger charge is -2.31. The van der Waals surface area contributed by atoms with Gasteiger partial charge in [0.2, 0.25) is 11.9 Å². The Labute approximate surface area is 217 Å². The topological polar surface area (TPSA) is 98.6 Å². The Hall–Kier alpha value is -4.14. The van der Waals surface area contributed by atoms with E-state index in [0.29, 0.717) is 47.5 Å². The average molecular weight is 503 g/mol.